The Morgan fingerprint density at radius 3 is 2.42 bits per heavy atom. The van der Waals surface area contributed by atoms with E-state index in [1.54, 1.807) is 24.3 Å². The predicted octanol–water partition coefficient (Wildman–Crippen LogP) is 2.49. The number of halogens is 1. The number of hydrogen-bond acceptors (Lipinski definition) is 4. The van der Waals surface area contributed by atoms with E-state index in [4.69, 9.17) is 11.6 Å². The number of hydrogen-bond donors (Lipinski definition) is 2. The first-order valence-electron chi connectivity index (χ1n) is 7.13. The highest BCUT2D eigenvalue weighted by atomic mass is 35.5. The number of benzene rings is 2. The van der Waals surface area contributed by atoms with E-state index in [0.717, 1.165) is 11.3 Å². The van der Waals surface area contributed by atoms with Crippen LogP contribution in [0.5, 0.6) is 0 Å². The number of rotatable bonds is 4. The van der Waals surface area contributed by atoms with E-state index in [-0.39, 0.29) is 0 Å². The molecule has 0 radical (unpaired) electrons. The maximum Gasteiger partial charge on any atom is 0.329 e. The molecule has 0 unspecified atom stereocenters. The van der Waals surface area contributed by atoms with Gasteiger partial charge in [-0.15, -0.1) is 0 Å². The molecule has 0 aliphatic carbocycles. The van der Waals surface area contributed by atoms with Gasteiger partial charge in [-0.2, -0.15) is 5.10 Å². The Morgan fingerprint density at radius 1 is 1.08 bits per heavy atom. The van der Waals surface area contributed by atoms with Crippen molar-refractivity contribution in [3.8, 4) is 0 Å². The van der Waals surface area contributed by atoms with Crippen molar-refractivity contribution in [3.05, 3.63) is 59.1 Å². The number of anilines is 2. The van der Waals surface area contributed by atoms with Crippen LogP contribution in [0.2, 0.25) is 5.02 Å². The van der Waals surface area contributed by atoms with Crippen LogP contribution in [-0.4, -0.2) is 32.1 Å². The van der Waals surface area contributed by atoms with Gasteiger partial charge in [-0.3, -0.25) is 9.59 Å². The lowest BCUT2D eigenvalue weighted by Crippen LogP contribution is -2.32. The highest BCUT2D eigenvalue weighted by molar-refractivity contribution is 6.39. The van der Waals surface area contributed by atoms with Gasteiger partial charge in [0.25, 0.3) is 0 Å². The molecule has 7 heteroatoms. The van der Waals surface area contributed by atoms with E-state index in [1.165, 1.54) is 6.21 Å². The molecule has 2 aromatic carbocycles. The second kappa shape index (κ2) is 8.12. The van der Waals surface area contributed by atoms with Crippen LogP contribution in [0.15, 0.2) is 53.6 Å². The van der Waals surface area contributed by atoms with Gasteiger partial charge >= 0.3 is 11.8 Å². The maximum absolute atomic E-state index is 11.7. The second-order valence-electron chi connectivity index (χ2n) is 5.15. The van der Waals surface area contributed by atoms with Gasteiger partial charge in [0, 0.05) is 30.5 Å². The average molecular weight is 345 g/mol. The van der Waals surface area contributed by atoms with Gasteiger partial charge in [0.1, 0.15) is 0 Å². The molecule has 0 saturated heterocycles. The summed E-state index contributed by atoms with van der Waals surface area (Å²) in [6.45, 7) is 0. The lowest BCUT2D eigenvalue weighted by atomic mass is 10.2. The Hall–Kier alpha value is -2.86. The summed E-state index contributed by atoms with van der Waals surface area (Å²) in [5.74, 6) is -1.69. The number of nitrogens with zero attached hydrogens (tertiary/aromatic N) is 2. The fourth-order valence-corrected chi connectivity index (χ4v) is 2.02. The topological polar surface area (TPSA) is 73.8 Å². The Bertz CT molecular complexity index is 757. The number of hydrazone groups is 1. The number of nitrogens with one attached hydrogen (secondary N) is 2. The highest BCUT2D eigenvalue weighted by Crippen LogP contribution is 2.14. The van der Waals surface area contributed by atoms with Gasteiger partial charge in [-0.25, -0.2) is 5.43 Å². The van der Waals surface area contributed by atoms with Gasteiger partial charge < -0.3 is 10.2 Å². The first-order valence-corrected chi connectivity index (χ1v) is 7.51. The van der Waals surface area contributed by atoms with Crippen molar-refractivity contribution in [2.75, 3.05) is 24.3 Å². The van der Waals surface area contributed by atoms with Gasteiger partial charge in [0.05, 0.1) is 6.21 Å². The molecule has 2 aromatic rings. The fourth-order valence-electron chi connectivity index (χ4n) is 1.83. The van der Waals surface area contributed by atoms with E-state index in [0.29, 0.717) is 10.7 Å². The SMILES string of the molecule is CN(C)c1ccc(/C=N\NC(=O)C(=O)Nc2cccc(Cl)c2)cc1. The number of carbonyl (C=O) groups is 2. The van der Waals surface area contributed by atoms with E-state index >= 15 is 0 Å². The van der Waals surface area contributed by atoms with Crippen LogP contribution in [0.1, 0.15) is 5.56 Å². The van der Waals surface area contributed by atoms with E-state index in [2.05, 4.69) is 15.8 Å². The van der Waals surface area contributed by atoms with Crippen molar-refractivity contribution in [1.29, 1.82) is 0 Å². The molecule has 0 aromatic heterocycles. The molecule has 0 aliphatic rings. The summed E-state index contributed by atoms with van der Waals surface area (Å²) in [5, 5.41) is 6.67. The molecule has 6 nitrogen and oxygen atoms in total. The van der Waals surface area contributed by atoms with Crippen molar-refractivity contribution >= 4 is 41.0 Å². The average Bonchev–Trinajstić information content (AvgIpc) is 2.55. The largest absolute Gasteiger partial charge is 0.378 e. The Labute approximate surface area is 145 Å². The Balaban J connectivity index is 1.88. The molecule has 2 rings (SSSR count). The van der Waals surface area contributed by atoms with Gasteiger partial charge in [-0.1, -0.05) is 29.8 Å². The summed E-state index contributed by atoms with van der Waals surface area (Å²) in [6, 6.07) is 14.1. The van der Waals surface area contributed by atoms with E-state index < -0.39 is 11.8 Å². The Morgan fingerprint density at radius 2 is 1.79 bits per heavy atom. The zero-order chi connectivity index (χ0) is 17.5. The zero-order valence-electron chi connectivity index (χ0n) is 13.3. The van der Waals surface area contributed by atoms with Crippen molar-refractivity contribution < 1.29 is 9.59 Å². The molecule has 2 N–H and O–H groups in total. The van der Waals surface area contributed by atoms with Gasteiger partial charge in [0.15, 0.2) is 0 Å². The summed E-state index contributed by atoms with van der Waals surface area (Å²) in [4.78, 5) is 25.4. The third kappa shape index (κ3) is 5.10. The van der Waals surface area contributed by atoms with Crippen molar-refractivity contribution in [2.24, 2.45) is 5.10 Å². The molecule has 124 valence electrons. The van der Waals surface area contributed by atoms with Crippen molar-refractivity contribution in [3.63, 3.8) is 0 Å². The van der Waals surface area contributed by atoms with Gasteiger partial charge in [-0.05, 0) is 35.9 Å². The van der Waals surface area contributed by atoms with Crippen LogP contribution >= 0.6 is 11.6 Å². The quantitative estimate of drug-likeness (QED) is 0.508. The van der Waals surface area contributed by atoms with Crippen molar-refractivity contribution in [1.82, 2.24) is 5.43 Å². The highest BCUT2D eigenvalue weighted by Gasteiger charge is 2.12. The lowest BCUT2D eigenvalue weighted by molar-refractivity contribution is -0.136. The minimum atomic E-state index is -0.865. The van der Waals surface area contributed by atoms with E-state index in [9.17, 15) is 9.59 Å². The molecule has 0 bridgehead atoms. The van der Waals surface area contributed by atoms with Crippen LogP contribution in [0, 0.1) is 0 Å². The van der Waals surface area contributed by atoms with Crippen LogP contribution in [0.4, 0.5) is 11.4 Å². The molecule has 0 atom stereocenters. The van der Waals surface area contributed by atoms with Crippen LogP contribution in [-0.2, 0) is 9.59 Å². The van der Waals surface area contributed by atoms with Crippen molar-refractivity contribution in [2.45, 2.75) is 0 Å². The normalized spacial score (nSPS) is 10.5. The summed E-state index contributed by atoms with van der Waals surface area (Å²) in [7, 11) is 3.89. The minimum Gasteiger partial charge on any atom is -0.378 e. The lowest BCUT2D eigenvalue weighted by Gasteiger charge is -2.11. The number of carbonyl (C=O) groups excluding carboxylic acids is 2. The minimum absolute atomic E-state index is 0.436. The monoisotopic (exact) mass is 344 g/mol. The Kier molecular flexibility index (Phi) is 5.92. The molecule has 24 heavy (non-hydrogen) atoms. The number of amides is 2. The summed E-state index contributed by atoms with van der Waals surface area (Å²) < 4.78 is 0. The van der Waals surface area contributed by atoms with Gasteiger partial charge in [0.2, 0.25) is 0 Å². The molecule has 0 spiro atoms. The standard InChI is InChI=1S/C17H17ClN4O2/c1-22(2)15-8-6-12(7-9-15)11-19-21-17(24)16(23)20-14-5-3-4-13(18)10-14/h3-11H,1-2H3,(H,20,23)(H,21,24)/b19-11-. The van der Waals surface area contributed by atoms with Crippen LogP contribution in [0.25, 0.3) is 0 Å². The third-order valence-electron chi connectivity index (χ3n) is 3.08. The summed E-state index contributed by atoms with van der Waals surface area (Å²) in [5.41, 5.74) is 4.47. The first-order chi connectivity index (χ1) is 11.5. The fraction of sp³-hybridized carbons (Fsp3) is 0.118. The smallest absolute Gasteiger partial charge is 0.329 e. The molecule has 0 aliphatic heterocycles. The molecule has 0 saturated carbocycles. The molecule has 0 fully saturated rings. The third-order valence-corrected chi connectivity index (χ3v) is 3.31. The maximum atomic E-state index is 11.7. The summed E-state index contributed by atoms with van der Waals surface area (Å²) in [6.07, 6.45) is 1.46. The van der Waals surface area contributed by atoms with Crippen LogP contribution < -0.4 is 15.6 Å². The molecule has 2 amide bonds. The molecular formula is C17H17ClN4O2. The van der Waals surface area contributed by atoms with Crippen LogP contribution in [0.3, 0.4) is 0 Å². The molecule has 0 heterocycles. The summed E-state index contributed by atoms with van der Waals surface area (Å²) >= 11 is 5.81. The zero-order valence-corrected chi connectivity index (χ0v) is 14.0. The van der Waals surface area contributed by atoms with E-state index in [1.807, 2.05) is 43.3 Å². The molecular weight excluding hydrogens is 328 g/mol. The first kappa shape index (κ1) is 17.5. The second-order valence-corrected chi connectivity index (χ2v) is 5.59. The predicted molar refractivity (Wildman–Crippen MR) is 96.6 cm³/mol.